The summed E-state index contributed by atoms with van der Waals surface area (Å²) in [5.74, 6) is 0.323. The number of methoxy groups -OCH3 is 1. The second kappa shape index (κ2) is 5.94. The first-order valence-electron chi connectivity index (χ1n) is 6.24. The van der Waals surface area contributed by atoms with Crippen LogP contribution in [0.4, 0.5) is 4.39 Å². The molecule has 0 fully saturated rings. The van der Waals surface area contributed by atoms with Crippen molar-refractivity contribution in [2.24, 2.45) is 0 Å². The van der Waals surface area contributed by atoms with Crippen molar-refractivity contribution < 1.29 is 14.2 Å². The molecule has 2 aromatic carbocycles. The van der Waals surface area contributed by atoms with Crippen molar-refractivity contribution in [1.29, 1.82) is 0 Å². The Morgan fingerprint density at radius 1 is 1.25 bits per heavy atom. The largest absolute Gasteiger partial charge is 0.496 e. The standard InChI is InChI=1S/C16H16BrFO2/c1-16(19,12-5-3-4-6-14(12)18)10-11-7-8-15(20-2)13(17)9-11/h3-9,19H,10H2,1-2H3. The molecule has 0 saturated carbocycles. The molecule has 0 aliphatic carbocycles. The zero-order valence-electron chi connectivity index (χ0n) is 11.4. The van der Waals surface area contributed by atoms with Gasteiger partial charge in [-0.1, -0.05) is 24.3 Å². The summed E-state index contributed by atoms with van der Waals surface area (Å²) in [5, 5.41) is 10.6. The molecule has 20 heavy (non-hydrogen) atoms. The van der Waals surface area contributed by atoms with Crippen LogP contribution < -0.4 is 4.74 Å². The van der Waals surface area contributed by atoms with Gasteiger partial charge in [0.05, 0.1) is 17.2 Å². The predicted octanol–water partition coefficient (Wildman–Crippen LogP) is 4.05. The average Bonchev–Trinajstić information content (AvgIpc) is 2.38. The Morgan fingerprint density at radius 2 is 1.95 bits per heavy atom. The minimum atomic E-state index is -1.26. The second-order valence-corrected chi connectivity index (χ2v) is 5.75. The smallest absolute Gasteiger partial charge is 0.133 e. The van der Waals surface area contributed by atoms with Crippen LogP contribution in [0.25, 0.3) is 0 Å². The molecule has 0 aromatic heterocycles. The predicted molar refractivity (Wildman–Crippen MR) is 80.4 cm³/mol. The van der Waals surface area contributed by atoms with Gasteiger partial charge < -0.3 is 9.84 Å². The van der Waals surface area contributed by atoms with Gasteiger partial charge in [0.15, 0.2) is 0 Å². The quantitative estimate of drug-likeness (QED) is 0.911. The molecular formula is C16H16BrFO2. The van der Waals surface area contributed by atoms with E-state index in [0.717, 1.165) is 15.8 Å². The number of halogens is 2. The highest BCUT2D eigenvalue weighted by Gasteiger charge is 2.26. The summed E-state index contributed by atoms with van der Waals surface area (Å²) in [6.45, 7) is 1.61. The van der Waals surface area contributed by atoms with E-state index in [9.17, 15) is 9.50 Å². The lowest BCUT2D eigenvalue weighted by Gasteiger charge is -2.24. The molecule has 4 heteroatoms. The molecule has 2 nitrogen and oxygen atoms in total. The minimum Gasteiger partial charge on any atom is -0.496 e. The fourth-order valence-electron chi connectivity index (χ4n) is 2.21. The van der Waals surface area contributed by atoms with Crippen LogP contribution in [0, 0.1) is 5.82 Å². The third-order valence-corrected chi connectivity index (χ3v) is 3.84. The van der Waals surface area contributed by atoms with Crippen LogP contribution >= 0.6 is 15.9 Å². The van der Waals surface area contributed by atoms with Gasteiger partial charge in [-0.2, -0.15) is 0 Å². The van der Waals surface area contributed by atoms with Gasteiger partial charge in [0.1, 0.15) is 11.6 Å². The summed E-state index contributed by atoms with van der Waals surface area (Å²) >= 11 is 3.40. The summed E-state index contributed by atoms with van der Waals surface area (Å²) < 4.78 is 19.8. The van der Waals surface area contributed by atoms with E-state index in [-0.39, 0.29) is 0 Å². The van der Waals surface area contributed by atoms with Crippen molar-refractivity contribution in [3.05, 3.63) is 63.9 Å². The Labute approximate surface area is 126 Å². The molecule has 1 N–H and O–H groups in total. The molecule has 0 spiro atoms. The maximum absolute atomic E-state index is 13.8. The highest BCUT2D eigenvalue weighted by molar-refractivity contribution is 9.10. The van der Waals surface area contributed by atoms with Crippen molar-refractivity contribution in [2.75, 3.05) is 7.11 Å². The van der Waals surface area contributed by atoms with E-state index >= 15 is 0 Å². The second-order valence-electron chi connectivity index (χ2n) is 4.90. The first-order chi connectivity index (χ1) is 9.44. The molecule has 0 saturated heterocycles. The Kier molecular flexibility index (Phi) is 4.45. The van der Waals surface area contributed by atoms with Gasteiger partial charge in [0.25, 0.3) is 0 Å². The lowest BCUT2D eigenvalue weighted by atomic mass is 9.89. The van der Waals surface area contributed by atoms with Crippen LogP contribution in [0.2, 0.25) is 0 Å². The minimum absolute atomic E-state index is 0.298. The van der Waals surface area contributed by atoms with Gasteiger partial charge in [-0.25, -0.2) is 4.39 Å². The van der Waals surface area contributed by atoms with E-state index in [1.807, 2.05) is 18.2 Å². The molecular weight excluding hydrogens is 323 g/mol. The van der Waals surface area contributed by atoms with Crippen molar-refractivity contribution in [3.63, 3.8) is 0 Å². The number of ether oxygens (including phenoxy) is 1. The molecule has 1 atom stereocenters. The maximum atomic E-state index is 13.8. The third kappa shape index (κ3) is 3.19. The van der Waals surface area contributed by atoms with Crippen LogP contribution in [-0.2, 0) is 12.0 Å². The third-order valence-electron chi connectivity index (χ3n) is 3.22. The van der Waals surface area contributed by atoms with Crippen molar-refractivity contribution in [2.45, 2.75) is 18.9 Å². The van der Waals surface area contributed by atoms with Crippen LogP contribution in [0.1, 0.15) is 18.1 Å². The molecule has 0 aliphatic heterocycles. The van der Waals surface area contributed by atoms with E-state index in [1.165, 1.54) is 6.07 Å². The van der Waals surface area contributed by atoms with Crippen LogP contribution in [0.5, 0.6) is 5.75 Å². The fourth-order valence-corrected chi connectivity index (χ4v) is 2.80. The Balaban J connectivity index is 2.28. The van der Waals surface area contributed by atoms with Gasteiger partial charge in [-0.15, -0.1) is 0 Å². The lowest BCUT2D eigenvalue weighted by molar-refractivity contribution is 0.0538. The van der Waals surface area contributed by atoms with Gasteiger partial charge in [-0.3, -0.25) is 0 Å². The zero-order valence-corrected chi connectivity index (χ0v) is 12.9. The molecule has 0 amide bonds. The average molecular weight is 339 g/mol. The number of benzene rings is 2. The van der Waals surface area contributed by atoms with E-state index in [1.54, 1.807) is 32.2 Å². The molecule has 0 bridgehead atoms. The highest BCUT2D eigenvalue weighted by atomic mass is 79.9. The monoisotopic (exact) mass is 338 g/mol. The zero-order chi connectivity index (χ0) is 14.8. The lowest BCUT2D eigenvalue weighted by Crippen LogP contribution is -2.25. The Hall–Kier alpha value is -1.39. The van der Waals surface area contributed by atoms with Crippen molar-refractivity contribution in [1.82, 2.24) is 0 Å². The number of rotatable bonds is 4. The SMILES string of the molecule is COc1ccc(CC(C)(O)c2ccccc2F)cc1Br. The molecule has 0 aliphatic rings. The van der Waals surface area contributed by atoms with E-state index in [0.29, 0.717) is 12.0 Å². The van der Waals surface area contributed by atoms with Gasteiger partial charge in [0.2, 0.25) is 0 Å². The van der Waals surface area contributed by atoms with E-state index < -0.39 is 11.4 Å². The molecule has 2 rings (SSSR count). The van der Waals surface area contributed by atoms with E-state index in [4.69, 9.17) is 4.74 Å². The van der Waals surface area contributed by atoms with Crippen molar-refractivity contribution in [3.8, 4) is 5.75 Å². The fraction of sp³-hybridized carbons (Fsp3) is 0.250. The summed E-state index contributed by atoms with van der Waals surface area (Å²) in [6.07, 6.45) is 0.316. The molecule has 106 valence electrons. The summed E-state index contributed by atoms with van der Waals surface area (Å²) in [6, 6.07) is 11.8. The van der Waals surface area contributed by atoms with Gasteiger partial charge in [0, 0.05) is 12.0 Å². The number of aliphatic hydroxyl groups is 1. The van der Waals surface area contributed by atoms with Crippen LogP contribution in [0.3, 0.4) is 0 Å². The van der Waals surface area contributed by atoms with Gasteiger partial charge in [-0.05, 0) is 46.6 Å². The van der Waals surface area contributed by atoms with Gasteiger partial charge >= 0.3 is 0 Å². The Bertz CT molecular complexity index is 611. The highest BCUT2D eigenvalue weighted by Crippen LogP contribution is 2.31. The molecule has 2 aromatic rings. The number of hydrogen-bond acceptors (Lipinski definition) is 2. The first kappa shape index (κ1) is 15.0. The topological polar surface area (TPSA) is 29.5 Å². The molecule has 1 unspecified atom stereocenters. The van der Waals surface area contributed by atoms with Crippen molar-refractivity contribution >= 4 is 15.9 Å². The Morgan fingerprint density at radius 3 is 2.55 bits per heavy atom. The maximum Gasteiger partial charge on any atom is 0.133 e. The number of hydrogen-bond donors (Lipinski definition) is 1. The first-order valence-corrected chi connectivity index (χ1v) is 7.03. The summed E-state index contributed by atoms with van der Waals surface area (Å²) in [7, 11) is 1.59. The van der Waals surface area contributed by atoms with Crippen LogP contribution in [-0.4, -0.2) is 12.2 Å². The van der Waals surface area contributed by atoms with Crippen LogP contribution in [0.15, 0.2) is 46.9 Å². The summed E-state index contributed by atoms with van der Waals surface area (Å²) in [4.78, 5) is 0. The van der Waals surface area contributed by atoms with E-state index in [2.05, 4.69) is 15.9 Å². The molecule has 0 heterocycles. The summed E-state index contributed by atoms with van der Waals surface area (Å²) in [5.41, 5.74) is -0.0720. The molecule has 0 radical (unpaired) electrons. The normalized spacial score (nSPS) is 13.8.